The Hall–Kier alpha value is -3.79. The number of carbonyl (C=O) groups excluding carboxylic acids is 2. The number of thiocarbonyl (C=S) groups is 1. The molecule has 0 saturated carbocycles. The molecule has 35 heavy (non-hydrogen) atoms. The van der Waals surface area contributed by atoms with E-state index in [2.05, 4.69) is 16.0 Å². The van der Waals surface area contributed by atoms with Gasteiger partial charge >= 0.3 is 12.0 Å². The van der Waals surface area contributed by atoms with E-state index in [9.17, 15) is 9.59 Å². The van der Waals surface area contributed by atoms with E-state index in [4.69, 9.17) is 26.4 Å². The summed E-state index contributed by atoms with van der Waals surface area (Å²) in [6.07, 6.45) is -0.269. The highest BCUT2D eigenvalue weighted by molar-refractivity contribution is 7.80. The first-order chi connectivity index (χ1) is 16.6. The summed E-state index contributed by atoms with van der Waals surface area (Å²) < 4.78 is 16.0. The minimum atomic E-state index is -0.530. The van der Waals surface area contributed by atoms with Crippen molar-refractivity contribution >= 4 is 40.7 Å². The third-order valence-electron chi connectivity index (χ3n) is 5.40. The molecule has 0 bridgehead atoms. The van der Waals surface area contributed by atoms with Gasteiger partial charge in [0.2, 0.25) is 0 Å². The number of nitrogens with zero attached hydrogens (tertiary/aromatic N) is 1. The van der Waals surface area contributed by atoms with Crippen LogP contribution in [0.5, 0.6) is 11.5 Å². The maximum absolute atomic E-state index is 12.9. The highest BCUT2D eigenvalue weighted by Gasteiger charge is 2.34. The number of urea groups is 1. The van der Waals surface area contributed by atoms with Gasteiger partial charge in [-0.05, 0) is 50.7 Å². The molecule has 2 aromatic carbocycles. The number of allylic oxidation sites excluding steroid dienone is 1. The first kappa shape index (κ1) is 25.8. The van der Waals surface area contributed by atoms with Gasteiger partial charge in [-0.1, -0.05) is 12.1 Å². The van der Waals surface area contributed by atoms with Gasteiger partial charge < -0.3 is 35.1 Å². The molecule has 1 aliphatic rings. The van der Waals surface area contributed by atoms with Crippen LogP contribution in [-0.2, 0) is 9.53 Å². The molecule has 1 atom stereocenters. The normalized spacial score (nSPS) is 15.5. The summed E-state index contributed by atoms with van der Waals surface area (Å²) >= 11 is 5.45. The lowest BCUT2D eigenvalue weighted by atomic mass is 9.94. The van der Waals surface area contributed by atoms with E-state index < -0.39 is 18.0 Å². The molecule has 0 saturated heterocycles. The number of esters is 1. The molecule has 0 aromatic heterocycles. The molecule has 2 amide bonds. The fourth-order valence-corrected chi connectivity index (χ4v) is 3.85. The molecule has 9 nitrogen and oxygen atoms in total. The number of anilines is 2. The predicted molar refractivity (Wildman–Crippen MR) is 139 cm³/mol. The molecule has 0 radical (unpaired) electrons. The first-order valence-electron chi connectivity index (χ1n) is 11.0. The molecule has 3 rings (SSSR count). The van der Waals surface area contributed by atoms with Crippen LogP contribution in [0.3, 0.4) is 0 Å². The monoisotopic (exact) mass is 498 g/mol. The molecule has 0 fully saturated rings. The van der Waals surface area contributed by atoms with Crippen molar-refractivity contribution in [3.05, 3.63) is 59.3 Å². The summed E-state index contributed by atoms with van der Waals surface area (Å²) in [4.78, 5) is 27.4. The Kier molecular flexibility index (Phi) is 8.18. The average molecular weight is 499 g/mol. The Morgan fingerprint density at radius 1 is 1.03 bits per heavy atom. The van der Waals surface area contributed by atoms with E-state index in [1.807, 2.05) is 13.0 Å². The summed E-state index contributed by atoms with van der Waals surface area (Å²) in [6.45, 7) is 5.43. The standard InChI is InChI=1S/C25H30N4O5S/c1-14(2)34-23(30)21-15(3)29(4)25(35)28-22(21)16-8-7-9-17(10-16)26-24(31)27-18-11-19(32-5)13-20(12-18)33-6/h7-14,22H,1-6H3,(H,28,35)(H2,26,27,31). The number of benzene rings is 2. The largest absolute Gasteiger partial charge is 0.497 e. The van der Waals surface area contributed by atoms with Crippen LogP contribution >= 0.6 is 12.2 Å². The summed E-state index contributed by atoms with van der Waals surface area (Å²) in [6, 6.07) is 11.3. The number of hydrogen-bond donors (Lipinski definition) is 3. The van der Waals surface area contributed by atoms with Crippen LogP contribution in [0.25, 0.3) is 0 Å². The molecule has 10 heteroatoms. The van der Waals surface area contributed by atoms with Gasteiger partial charge in [-0.25, -0.2) is 9.59 Å². The zero-order valence-corrected chi connectivity index (χ0v) is 21.4. The average Bonchev–Trinajstić information content (AvgIpc) is 2.81. The second kappa shape index (κ2) is 11.1. The van der Waals surface area contributed by atoms with Crippen LogP contribution in [0.1, 0.15) is 32.4 Å². The number of amides is 2. The van der Waals surface area contributed by atoms with E-state index in [0.717, 1.165) is 5.56 Å². The number of hydrogen-bond acceptors (Lipinski definition) is 6. The van der Waals surface area contributed by atoms with E-state index in [-0.39, 0.29) is 6.10 Å². The van der Waals surface area contributed by atoms with Gasteiger partial charge in [0.05, 0.1) is 31.9 Å². The summed E-state index contributed by atoms with van der Waals surface area (Å²) in [5, 5.41) is 9.28. The minimum Gasteiger partial charge on any atom is -0.497 e. The van der Waals surface area contributed by atoms with Gasteiger partial charge in [0.1, 0.15) is 11.5 Å². The second-order valence-electron chi connectivity index (χ2n) is 8.20. The van der Waals surface area contributed by atoms with Crippen LogP contribution in [0.4, 0.5) is 16.2 Å². The third-order valence-corrected chi connectivity index (χ3v) is 5.80. The van der Waals surface area contributed by atoms with Crippen molar-refractivity contribution in [2.75, 3.05) is 31.9 Å². The lowest BCUT2D eigenvalue weighted by molar-refractivity contribution is -0.143. The third kappa shape index (κ3) is 6.21. The van der Waals surface area contributed by atoms with Crippen LogP contribution in [0, 0.1) is 0 Å². The van der Waals surface area contributed by atoms with Gasteiger partial charge in [0, 0.05) is 42.3 Å². The van der Waals surface area contributed by atoms with Crippen molar-refractivity contribution in [3.8, 4) is 11.5 Å². The van der Waals surface area contributed by atoms with Gasteiger partial charge in [-0.2, -0.15) is 0 Å². The molecule has 1 unspecified atom stereocenters. The number of methoxy groups -OCH3 is 2. The summed E-state index contributed by atoms with van der Waals surface area (Å²) in [5.41, 5.74) is 2.95. The molecule has 186 valence electrons. The van der Waals surface area contributed by atoms with Crippen molar-refractivity contribution in [2.45, 2.75) is 32.9 Å². The summed E-state index contributed by atoms with van der Waals surface area (Å²) in [5.74, 6) is 0.676. The van der Waals surface area contributed by atoms with Crippen LogP contribution < -0.4 is 25.4 Å². The van der Waals surface area contributed by atoms with E-state index in [0.29, 0.717) is 39.3 Å². The van der Waals surface area contributed by atoms with E-state index in [1.165, 1.54) is 14.2 Å². The van der Waals surface area contributed by atoms with Gasteiger partial charge in [-0.3, -0.25) is 0 Å². The molecule has 3 N–H and O–H groups in total. The molecular formula is C25H30N4O5S. The molecule has 2 aromatic rings. The smallest absolute Gasteiger partial charge is 0.338 e. The Bertz CT molecular complexity index is 1140. The van der Waals surface area contributed by atoms with Crippen molar-refractivity contribution < 1.29 is 23.8 Å². The zero-order chi connectivity index (χ0) is 25.7. The number of ether oxygens (including phenoxy) is 3. The first-order valence-corrected chi connectivity index (χ1v) is 11.4. The van der Waals surface area contributed by atoms with Crippen LogP contribution in [-0.4, -0.2) is 49.4 Å². The van der Waals surface area contributed by atoms with Crippen molar-refractivity contribution in [2.24, 2.45) is 0 Å². The zero-order valence-electron chi connectivity index (χ0n) is 20.6. The van der Waals surface area contributed by atoms with Gasteiger partial charge in [-0.15, -0.1) is 0 Å². The second-order valence-corrected chi connectivity index (χ2v) is 8.59. The van der Waals surface area contributed by atoms with Crippen molar-refractivity contribution in [3.63, 3.8) is 0 Å². The fourth-order valence-electron chi connectivity index (χ4n) is 3.60. The van der Waals surface area contributed by atoms with Gasteiger partial charge in [0.15, 0.2) is 5.11 Å². The van der Waals surface area contributed by atoms with Crippen LogP contribution in [0.15, 0.2) is 53.7 Å². The lowest BCUT2D eigenvalue weighted by Gasteiger charge is -2.35. The highest BCUT2D eigenvalue weighted by Crippen LogP contribution is 2.32. The number of rotatable bonds is 7. The van der Waals surface area contributed by atoms with Crippen LogP contribution in [0.2, 0.25) is 0 Å². The minimum absolute atomic E-state index is 0.269. The predicted octanol–water partition coefficient (Wildman–Crippen LogP) is 4.43. The SMILES string of the molecule is COc1cc(NC(=O)Nc2cccc(C3NC(=S)N(C)C(C)=C3C(=O)OC(C)C)c2)cc(OC)c1. The van der Waals surface area contributed by atoms with E-state index in [1.54, 1.807) is 62.2 Å². The Balaban J connectivity index is 1.84. The molecule has 1 aliphatic heterocycles. The fraction of sp³-hybridized carbons (Fsp3) is 0.320. The quantitative estimate of drug-likeness (QED) is 0.381. The Morgan fingerprint density at radius 2 is 1.66 bits per heavy atom. The number of carbonyl (C=O) groups is 2. The van der Waals surface area contributed by atoms with Crippen molar-refractivity contribution in [1.29, 1.82) is 0 Å². The molecular weight excluding hydrogens is 468 g/mol. The highest BCUT2D eigenvalue weighted by atomic mass is 32.1. The molecule has 0 aliphatic carbocycles. The Morgan fingerprint density at radius 3 is 2.26 bits per heavy atom. The number of nitrogens with one attached hydrogen (secondary N) is 3. The topological polar surface area (TPSA) is 101 Å². The maximum Gasteiger partial charge on any atom is 0.338 e. The Labute approximate surface area is 210 Å². The van der Waals surface area contributed by atoms with Gasteiger partial charge in [0.25, 0.3) is 0 Å². The molecule has 1 heterocycles. The van der Waals surface area contributed by atoms with E-state index >= 15 is 0 Å². The maximum atomic E-state index is 12.9. The lowest BCUT2D eigenvalue weighted by Crippen LogP contribution is -2.46. The summed E-state index contributed by atoms with van der Waals surface area (Å²) in [7, 11) is 4.86. The van der Waals surface area contributed by atoms with Crippen molar-refractivity contribution in [1.82, 2.24) is 10.2 Å². The molecule has 0 spiro atoms.